The molecule has 1 aromatic heterocycles. The van der Waals surface area contributed by atoms with Crippen LogP contribution in [0.3, 0.4) is 0 Å². The lowest BCUT2D eigenvalue weighted by atomic mass is 9.91. The zero-order chi connectivity index (χ0) is 25.3. The van der Waals surface area contributed by atoms with E-state index in [4.69, 9.17) is 0 Å². The standard InChI is InChI=1S/C23H25F4N5O3/c1-13-6-5-9-31(19(13)22(33)34)21-16(25)11-28-20(29-21)17-10-18(35-23(26)27)32(30(17)2)12-14-7-3-4-8-15(14)24/h3-4,7-8,10-11,13,17,19,23H,5-6,9,12H2,1-2H3,(H,33,34)/t13-,17?,19+/m0/s1. The predicted molar refractivity (Wildman–Crippen MR) is 117 cm³/mol. The fraction of sp³-hybridized carbons (Fsp3) is 0.435. The van der Waals surface area contributed by atoms with Crippen LogP contribution in [-0.4, -0.2) is 57.3 Å². The van der Waals surface area contributed by atoms with E-state index in [9.17, 15) is 27.5 Å². The SMILES string of the molecule is C[C@H]1CCCN(c2nc(C3C=C(OC(F)F)N(Cc4ccccc4F)N3C)ncc2F)[C@H]1C(=O)O. The number of aromatic nitrogens is 2. The molecule has 3 atom stereocenters. The topological polar surface area (TPSA) is 82.0 Å². The Hall–Kier alpha value is -3.41. The molecular formula is C23H25F4N5O3. The second-order valence-electron chi connectivity index (χ2n) is 8.55. The summed E-state index contributed by atoms with van der Waals surface area (Å²) in [5, 5.41) is 12.5. The number of carbonyl (C=O) groups is 1. The summed E-state index contributed by atoms with van der Waals surface area (Å²) in [5.74, 6) is -2.96. The maximum absolute atomic E-state index is 14.8. The molecule has 4 rings (SSSR count). The van der Waals surface area contributed by atoms with Gasteiger partial charge in [0.2, 0.25) is 5.88 Å². The number of piperidine rings is 1. The minimum absolute atomic E-state index is 0.0534. The van der Waals surface area contributed by atoms with E-state index in [0.29, 0.717) is 19.4 Å². The summed E-state index contributed by atoms with van der Waals surface area (Å²) in [6.07, 6.45) is 3.61. The molecule has 0 aliphatic carbocycles. The molecule has 2 aliphatic rings. The van der Waals surface area contributed by atoms with E-state index in [1.807, 2.05) is 0 Å². The summed E-state index contributed by atoms with van der Waals surface area (Å²) in [7, 11) is 1.55. The molecule has 188 valence electrons. The number of alkyl halides is 2. The Bertz CT molecular complexity index is 1120. The van der Waals surface area contributed by atoms with Gasteiger partial charge in [-0.3, -0.25) is 5.01 Å². The number of likely N-dealkylation sites (N-methyl/N-ethyl adjacent to an activating group) is 1. The smallest absolute Gasteiger partial charge is 0.388 e. The van der Waals surface area contributed by atoms with Gasteiger partial charge in [-0.15, -0.1) is 0 Å². The molecule has 0 bridgehead atoms. The van der Waals surface area contributed by atoms with E-state index in [1.54, 1.807) is 20.0 Å². The molecule has 1 aromatic carbocycles. The average Bonchev–Trinajstić information content (AvgIpc) is 3.09. The van der Waals surface area contributed by atoms with Crippen LogP contribution in [0, 0.1) is 17.6 Å². The van der Waals surface area contributed by atoms with Crippen LogP contribution >= 0.6 is 0 Å². The molecule has 0 saturated carbocycles. The first kappa shape index (κ1) is 24.7. The summed E-state index contributed by atoms with van der Waals surface area (Å²) in [5.41, 5.74) is 0.246. The Morgan fingerprint density at radius 1 is 1.26 bits per heavy atom. The minimum Gasteiger partial charge on any atom is -0.480 e. The van der Waals surface area contributed by atoms with E-state index in [1.165, 1.54) is 39.2 Å². The molecule has 1 unspecified atom stereocenters. The molecule has 2 aliphatic heterocycles. The highest BCUT2D eigenvalue weighted by molar-refractivity contribution is 5.78. The largest absolute Gasteiger partial charge is 0.480 e. The predicted octanol–water partition coefficient (Wildman–Crippen LogP) is 3.93. The van der Waals surface area contributed by atoms with Gasteiger partial charge < -0.3 is 14.7 Å². The van der Waals surface area contributed by atoms with Crippen molar-refractivity contribution in [3.8, 4) is 0 Å². The van der Waals surface area contributed by atoms with Crippen molar-refractivity contribution in [3.63, 3.8) is 0 Å². The lowest BCUT2D eigenvalue weighted by Gasteiger charge is -2.38. The van der Waals surface area contributed by atoms with Gasteiger partial charge in [-0.1, -0.05) is 25.1 Å². The molecule has 12 heteroatoms. The molecule has 1 N–H and O–H groups in total. The van der Waals surface area contributed by atoms with Gasteiger partial charge in [0.05, 0.1) is 12.7 Å². The van der Waals surface area contributed by atoms with E-state index < -0.39 is 36.3 Å². The Morgan fingerprint density at radius 2 is 2.00 bits per heavy atom. The van der Waals surface area contributed by atoms with Crippen LogP contribution in [0.4, 0.5) is 23.4 Å². The fourth-order valence-electron chi connectivity index (χ4n) is 4.56. The number of halogens is 4. The Kier molecular flexibility index (Phi) is 7.10. The van der Waals surface area contributed by atoms with Crippen LogP contribution in [0.1, 0.15) is 37.2 Å². The van der Waals surface area contributed by atoms with Gasteiger partial charge in [-0.05, 0) is 24.8 Å². The van der Waals surface area contributed by atoms with Crippen molar-refractivity contribution in [2.24, 2.45) is 5.92 Å². The van der Waals surface area contributed by atoms with Crippen LogP contribution in [0.2, 0.25) is 0 Å². The number of carboxylic acids is 1. The highest BCUT2D eigenvalue weighted by Crippen LogP contribution is 2.36. The van der Waals surface area contributed by atoms with Crippen molar-refractivity contribution in [2.45, 2.75) is 45.0 Å². The Balaban J connectivity index is 1.68. The molecule has 1 saturated heterocycles. The Labute approximate surface area is 199 Å². The quantitative estimate of drug-likeness (QED) is 0.579. The average molecular weight is 495 g/mol. The van der Waals surface area contributed by atoms with Crippen LogP contribution in [-0.2, 0) is 16.1 Å². The maximum atomic E-state index is 14.8. The van der Waals surface area contributed by atoms with E-state index in [0.717, 1.165) is 6.20 Å². The number of aliphatic carboxylic acids is 1. The number of rotatable bonds is 7. The first-order chi connectivity index (χ1) is 16.7. The minimum atomic E-state index is -3.13. The number of anilines is 1. The molecule has 0 spiro atoms. The van der Waals surface area contributed by atoms with Gasteiger partial charge >= 0.3 is 12.6 Å². The van der Waals surface area contributed by atoms with E-state index in [2.05, 4.69) is 14.7 Å². The third-order valence-corrected chi connectivity index (χ3v) is 6.29. The van der Waals surface area contributed by atoms with Gasteiger partial charge in [0.15, 0.2) is 17.5 Å². The number of carboxylic acid groups (broad SMARTS) is 1. The van der Waals surface area contributed by atoms with Gasteiger partial charge in [-0.25, -0.2) is 28.6 Å². The number of nitrogens with zero attached hydrogens (tertiary/aromatic N) is 5. The zero-order valence-corrected chi connectivity index (χ0v) is 19.1. The normalized spacial score (nSPS) is 23.1. The number of benzene rings is 1. The number of ether oxygens (including phenoxy) is 1. The van der Waals surface area contributed by atoms with Crippen LogP contribution in [0.25, 0.3) is 0 Å². The lowest BCUT2D eigenvalue weighted by Crippen LogP contribution is -2.50. The molecule has 2 aromatic rings. The second kappa shape index (κ2) is 10.1. The summed E-state index contributed by atoms with van der Waals surface area (Å²) in [6.45, 7) is -1.17. The van der Waals surface area contributed by atoms with Gasteiger partial charge in [0, 0.05) is 25.2 Å². The Morgan fingerprint density at radius 3 is 2.69 bits per heavy atom. The summed E-state index contributed by atoms with van der Waals surface area (Å²) < 4.78 is 59.9. The third kappa shape index (κ3) is 5.02. The third-order valence-electron chi connectivity index (χ3n) is 6.29. The first-order valence-electron chi connectivity index (χ1n) is 11.1. The molecule has 3 heterocycles. The van der Waals surface area contributed by atoms with Gasteiger partial charge in [-0.2, -0.15) is 8.78 Å². The van der Waals surface area contributed by atoms with Crippen molar-refractivity contribution in [1.82, 2.24) is 20.0 Å². The number of hydrazine groups is 1. The molecular weight excluding hydrogens is 470 g/mol. The molecule has 8 nitrogen and oxygen atoms in total. The van der Waals surface area contributed by atoms with Crippen molar-refractivity contribution in [1.29, 1.82) is 0 Å². The second-order valence-corrected chi connectivity index (χ2v) is 8.55. The molecule has 0 amide bonds. The summed E-state index contributed by atoms with van der Waals surface area (Å²) in [6, 6.07) is 4.10. The number of hydrogen-bond donors (Lipinski definition) is 1. The van der Waals surface area contributed by atoms with Crippen molar-refractivity contribution in [2.75, 3.05) is 18.5 Å². The zero-order valence-electron chi connectivity index (χ0n) is 19.1. The lowest BCUT2D eigenvalue weighted by molar-refractivity contribution is -0.141. The summed E-state index contributed by atoms with van der Waals surface area (Å²) in [4.78, 5) is 21.7. The van der Waals surface area contributed by atoms with Crippen LogP contribution in [0.5, 0.6) is 0 Å². The first-order valence-corrected chi connectivity index (χ1v) is 11.1. The highest BCUT2D eigenvalue weighted by atomic mass is 19.3. The van der Waals surface area contributed by atoms with Crippen molar-refractivity contribution < 1.29 is 32.2 Å². The monoisotopic (exact) mass is 495 g/mol. The van der Waals surface area contributed by atoms with Crippen molar-refractivity contribution >= 4 is 11.8 Å². The molecule has 1 fully saturated rings. The van der Waals surface area contributed by atoms with E-state index >= 15 is 0 Å². The fourth-order valence-corrected chi connectivity index (χ4v) is 4.56. The summed E-state index contributed by atoms with van der Waals surface area (Å²) >= 11 is 0. The van der Waals surface area contributed by atoms with Crippen molar-refractivity contribution in [3.05, 3.63) is 65.4 Å². The maximum Gasteiger partial charge on any atom is 0.388 e. The molecule has 0 radical (unpaired) electrons. The van der Waals surface area contributed by atoms with Gasteiger partial charge in [0.25, 0.3) is 0 Å². The molecule has 35 heavy (non-hydrogen) atoms. The number of hydrogen-bond acceptors (Lipinski definition) is 7. The highest BCUT2D eigenvalue weighted by Gasteiger charge is 2.39. The van der Waals surface area contributed by atoms with Crippen LogP contribution in [0.15, 0.2) is 42.4 Å². The van der Waals surface area contributed by atoms with Gasteiger partial charge in [0.1, 0.15) is 17.9 Å². The van der Waals surface area contributed by atoms with E-state index in [-0.39, 0.29) is 35.6 Å². The van der Waals surface area contributed by atoms with Crippen LogP contribution < -0.4 is 4.90 Å².